The zero-order chi connectivity index (χ0) is 21.0. The first-order valence-electron chi connectivity index (χ1n) is 10.1. The van der Waals surface area contributed by atoms with Gasteiger partial charge in [0.15, 0.2) is 5.78 Å². The molecule has 4 nitrogen and oxygen atoms in total. The summed E-state index contributed by atoms with van der Waals surface area (Å²) >= 11 is 3.48. The molecule has 0 saturated heterocycles. The summed E-state index contributed by atoms with van der Waals surface area (Å²) in [4.78, 5) is 28.5. The van der Waals surface area contributed by atoms with Crippen LogP contribution in [0.3, 0.4) is 0 Å². The SMILES string of the molecule is CC1(C)CC(=O)C2=C(C1)N(c1ccccc1)C1=C(C(=O)OC1)C2c1ccc(Br)cc1. The van der Waals surface area contributed by atoms with Crippen molar-refractivity contribution in [3.05, 3.63) is 87.2 Å². The number of nitrogens with zero attached hydrogens (tertiary/aromatic N) is 1. The third kappa shape index (κ3) is 3.03. The lowest BCUT2D eigenvalue weighted by atomic mass is 9.68. The summed E-state index contributed by atoms with van der Waals surface area (Å²) in [6, 6.07) is 17.8. The number of carbonyl (C=O) groups excluding carboxylic acids is 2. The number of cyclic esters (lactones) is 1. The number of anilines is 1. The average molecular weight is 464 g/mol. The summed E-state index contributed by atoms with van der Waals surface area (Å²) in [6.45, 7) is 4.49. The molecule has 0 amide bonds. The maximum Gasteiger partial charge on any atom is 0.337 e. The second-order valence-electron chi connectivity index (χ2n) is 8.89. The summed E-state index contributed by atoms with van der Waals surface area (Å²) in [5.41, 5.74) is 4.92. The highest BCUT2D eigenvalue weighted by Crippen LogP contribution is 2.52. The van der Waals surface area contributed by atoms with E-state index < -0.39 is 0 Å². The lowest BCUT2D eigenvalue weighted by molar-refractivity contribution is -0.136. The zero-order valence-electron chi connectivity index (χ0n) is 16.9. The molecule has 5 rings (SSSR count). The van der Waals surface area contributed by atoms with Crippen molar-refractivity contribution in [2.45, 2.75) is 32.6 Å². The number of ketones is 1. The number of hydrogen-bond acceptors (Lipinski definition) is 4. The van der Waals surface area contributed by atoms with Crippen LogP contribution >= 0.6 is 15.9 Å². The summed E-state index contributed by atoms with van der Waals surface area (Å²) in [7, 11) is 0. The molecule has 1 atom stereocenters. The Morgan fingerprint density at radius 2 is 1.63 bits per heavy atom. The summed E-state index contributed by atoms with van der Waals surface area (Å²) in [5, 5.41) is 0. The molecular weight excluding hydrogens is 442 g/mol. The van der Waals surface area contributed by atoms with Gasteiger partial charge in [0.25, 0.3) is 0 Å². The minimum Gasteiger partial charge on any atom is -0.456 e. The highest BCUT2D eigenvalue weighted by atomic mass is 79.9. The van der Waals surface area contributed by atoms with E-state index in [0.717, 1.165) is 39.1 Å². The summed E-state index contributed by atoms with van der Waals surface area (Å²) in [5.74, 6) is -0.606. The quantitative estimate of drug-likeness (QED) is 0.551. The fraction of sp³-hybridized carbons (Fsp3) is 0.280. The second kappa shape index (κ2) is 6.95. The van der Waals surface area contributed by atoms with Gasteiger partial charge in [0, 0.05) is 33.8 Å². The highest BCUT2D eigenvalue weighted by Gasteiger charge is 2.48. The van der Waals surface area contributed by atoms with E-state index in [2.05, 4.69) is 34.7 Å². The van der Waals surface area contributed by atoms with Crippen molar-refractivity contribution in [1.82, 2.24) is 0 Å². The Kier molecular flexibility index (Phi) is 4.47. The molecule has 1 aliphatic carbocycles. The van der Waals surface area contributed by atoms with E-state index in [1.807, 2.05) is 54.6 Å². The van der Waals surface area contributed by atoms with Crippen LogP contribution in [-0.2, 0) is 14.3 Å². The smallest absolute Gasteiger partial charge is 0.337 e. The lowest BCUT2D eigenvalue weighted by Gasteiger charge is -2.43. The molecule has 0 N–H and O–H groups in total. The molecule has 0 fully saturated rings. The van der Waals surface area contributed by atoms with Crippen LogP contribution < -0.4 is 4.90 Å². The Hall–Kier alpha value is -2.66. The molecule has 152 valence electrons. The fourth-order valence-electron chi connectivity index (χ4n) is 4.89. The van der Waals surface area contributed by atoms with Crippen LogP contribution in [0.5, 0.6) is 0 Å². The number of carbonyl (C=O) groups is 2. The van der Waals surface area contributed by atoms with Crippen molar-refractivity contribution in [1.29, 1.82) is 0 Å². The van der Waals surface area contributed by atoms with Gasteiger partial charge in [0.1, 0.15) is 6.61 Å². The number of rotatable bonds is 2. The maximum atomic E-state index is 13.5. The van der Waals surface area contributed by atoms with Crippen LogP contribution in [0, 0.1) is 5.41 Å². The van der Waals surface area contributed by atoms with Crippen molar-refractivity contribution in [3.8, 4) is 0 Å². The van der Waals surface area contributed by atoms with E-state index in [-0.39, 0.29) is 29.7 Å². The lowest BCUT2D eigenvalue weighted by Crippen LogP contribution is -2.40. The van der Waals surface area contributed by atoms with Gasteiger partial charge in [-0.25, -0.2) is 4.79 Å². The largest absolute Gasteiger partial charge is 0.456 e. The standard InChI is InChI=1S/C25H22BrNO3/c1-25(2)12-18-22(20(28)13-25)21(15-8-10-16(26)11-9-15)23-19(14-30-24(23)29)27(18)17-6-4-3-5-7-17/h3-11,21H,12-14H2,1-2H3. The van der Waals surface area contributed by atoms with E-state index in [9.17, 15) is 9.59 Å². The van der Waals surface area contributed by atoms with Crippen molar-refractivity contribution < 1.29 is 14.3 Å². The molecule has 1 unspecified atom stereocenters. The number of benzene rings is 2. The van der Waals surface area contributed by atoms with Gasteiger partial charge in [-0.05, 0) is 41.7 Å². The Labute approximate surface area is 184 Å². The van der Waals surface area contributed by atoms with Gasteiger partial charge in [0.05, 0.1) is 11.3 Å². The molecule has 2 heterocycles. The zero-order valence-corrected chi connectivity index (χ0v) is 18.5. The third-order valence-corrected chi connectivity index (χ3v) is 6.63. The van der Waals surface area contributed by atoms with Crippen molar-refractivity contribution in [2.75, 3.05) is 11.5 Å². The minimum atomic E-state index is -0.387. The number of hydrogen-bond donors (Lipinski definition) is 0. The van der Waals surface area contributed by atoms with Crippen LogP contribution in [0.1, 0.15) is 38.2 Å². The van der Waals surface area contributed by atoms with Gasteiger partial charge >= 0.3 is 5.97 Å². The number of ether oxygens (including phenoxy) is 1. The monoisotopic (exact) mass is 463 g/mol. The van der Waals surface area contributed by atoms with Crippen LogP contribution in [0.4, 0.5) is 5.69 Å². The van der Waals surface area contributed by atoms with Crippen LogP contribution in [0.15, 0.2) is 81.6 Å². The van der Waals surface area contributed by atoms with Crippen molar-refractivity contribution >= 4 is 33.4 Å². The van der Waals surface area contributed by atoms with E-state index >= 15 is 0 Å². The molecule has 5 heteroatoms. The Morgan fingerprint density at radius 1 is 0.933 bits per heavy atom. The van der Waals surface area contributed by atoms with E-state index in [4.69, 9.17) is 4.74 Å². The molecule has 0 aromatic heterocycles. The van der Waals surface area contributed by atoms with Gasteiger partial charge in [-0.2, -0.15) is 0 Å². The molecule has 0 radical (unpaired) electrons. The molecule has 3 aliphatic rings. The summed E-state index contributed by atoms with van der Waals surface area (Å²) < 4.78 is 6.48. The maximum absolute atomic E-state index is 13.5. The number of halogens is 1. The highest BCUT2D eigenvalue weighted by molar-refractivity contribution is 9.10. The van der Waals surface area contributed by atoms with Crippen LogP contribution in [0.25, 0.3) is 0 Å². The van der Waals surface area contributed by atoms with Gasteiger partial charge < -0.3 is 9.64 Å². The Bertz CT molecular complexity index is 1110. The van der Waals surface area contributed by atoms with Crippen molar-refractivity contribution in [2.24, 2.45) is 5.41 Å². The molecule has 0 bridgehead atoms. The first kappa shape index (κ1) is 19.3. The predicted octanol–water partition coefficient (Wildman–Crippen LogP) is 5.51. The van der Waals surface area contributed by atoms with Crippen molar-refractivity contribution in [3.63, 3.8) is 0 Å². The molecular formula is C25H22BrNO3. The number of Topliss-reactive ketones (excluding diaryl/α,β-unsaturated/α-hetero) is 1. The molecule has 2 aromatic rings. The Balaban J connectivity index is 1.79. The first-order chi connectivity index (χ1) is 14.4. The van der Waals surface area contributed by atoms with Crippen LogP contribution in [-0.4, -0.2) is 18.4 Å². The van der Waals surface area contributed by atoms with Crippen LogP contribution in [0.2, 0.25) is 0 Å². The Morgan fingerprint density at radius 3 is 2.33 bits per heavy atom. The first-order valence-corrected chi connectivity index (χ1v) is 10.9. The molecule has 2 aliphatic heterocycles. The van der Waals surface area contributed by atoms with Gasteiger partial charge in [0.2, 0.25) is 0 Å². The van der Waals surface area contributed by atoms with Gasteiger partial charge in [-0.3, -0.25) is 4.79 Å². The second-order valence-corrected chi connectivity index (χ2v) is 9.81. The average Bonchev–Trinajstić information content (AvgIpc) is 3.08. The normalized spacial score (nSPS) is 22.8. The van der Waals surface area contributed by atoms with E-state index in [0.29, 0.717) is 12.0 Å². The van der Waals surface area contributed by atoms with E-state index in [1.54, 1.807) is 0 Å². The summed E-state index contributed by atoms with van der Waals surface area (Å²) in [6.07, 6.45) is 1.24. The van der Waals surface area contributed by atoms with Gasteiger partial charge in [-0.1, -0.05) is 60.1 Å². The molecule has 0 spiro atoms. The van der Waals surface area contributed by atoms with Gasteiger partial charge in [-0.15, -0.1) is 0 Å². The number of allylic oxidation sites excluding steroid dienone is 2. The molecule has 2 aromatic carbocycles. The molecule has 30 heavy (non-hydrogen) atoms. The number of para-hydroxylation sites is 1. The topological polar surface area (TPSA) is 46.6 Å². The predicted molar refractivity (Wildman–Crippen MR) is 119 cm³/mol. The fourth-order valence-corrected chi connectivity index (χ4v) is 5.15. The number of esters is 1. The third-order valence-electron chi connectivity index (χ3n) is 6.10. The molecule has 0 saturated carbocycles. The van der Waals surface area contributed by atoms with E-state index in [1.165, 1.54) is 0 Å². The minimum absolute atomic E-state index is 0.112.